The molecule has 0 saturated carbocycles. The molecule has 11 heteroatoms. The maximum atomic E-state index is 13.6. The van der Waals surface area contributed by atoms with E-state index in [0.29, 0.717) is 12.1 Å². The van der Waals surface area contributed by atoms with Crippen LogP contribution in [-0.4, -0.2) is 31.0 Å². The molecular weight excluding hydrogens is 278 g/mol. The molecule has 0 aliphatic heterocycles. The second kappa shape index (κ2) is 4.95. The summed E-state index contributed by atoms with van der Waals surface area (Å²) in [4.78, 5) is 22.0. The van der Waals surface area contributed by atoms with Crippen LogP contribution < -0.4 is 5.32 Å². The Bertz CT molecular complexity index is 701. The normalized spacial score (nSPS) is 10.3. The van der Waals surface area contributed by atoms with Crippen LogP contribution in [-0.2, 0) is 7.05 Å². The van der Waals surface area contributed by atoms with E-state index >= 15 is 0 Å². The topological polar surface area (TPSA) is 116 Å². The fourth-order valence-corrected chi connectivity index (χ4v) is 1.35. The van der Waals surface area contributed by atoms with Gasteiger partial charge in [0.05, 0.1) is 23.6 Å². The quantitative estimate of drug-likeness (QED) is 0.653. The predicted molar refractivity (Wildman–Crippen MR) is 59.8 cm³/mol. The molecule has 1 amide bonds. The summed E-state index contributed by atoms with van der Waals surface area (Å²) in [5, 5.41) is 23.0. The summed E-state index contributed by atoms with van der Waals surface area (Å²) >= 11 is 0. The first-order chi connectivity index (χ1) is 9.38. The fraction of sp³-hybridized carbons (Fsp3) is 0.111. The maximum absolute atomic E-state index is 13.6. The average molecular weight is 284 g/mol. The number of aromatic nitrogens is 4. The molecule has 0 radical (unpaired) electrons. The molecule has 9 nitrogen and oxygen atoms in total. The molecule has 0 unspecified atom stereocenters. The van der Waals surface area contributed by atoms with E-state index in [0.717, 1.165) is 4.80 Å². The van der Waals surface area contributed by atoms with Crippen molar-refractivity contribution in [3.05, 3.63) is 39.4 Å². The van der Waals surface area contributed by atoms with E-state index in [1.165, 1.54) is 7.05 Å². The number of tetrazole rings is 1. The second-order valence-corrected chi connectivity index (χ2v) is 3.60. The van der Waals surface area contributed by atoms with Gasteiger partial charge in [-0.2, -0.15) is 9.19 Å². The Morgan fingerprint density at radius 1 is 1.40 bits per heavy atom. The van der Waals surface area contributed by atoms with Crippen molar-refractivity contribution >= 4 is 17.5 Å². The van der Waals surface area contributed by atoms with Gasteiger partial charge in [0.1, 0.15) is 5.82 Å². The summed E-state index contributed by atoms with van der Waals surface area (Å²) < 4.78 is 26.9. The highest BCUT2D eigenvalue weighted by molar-refractivity contribution is 6.03. The molecule has 0 atom stereocenters. The third-order valence-electron chi connectivity index (χ3n) is 2.21. The van der Waals surface area contributed by atoms with E-state index in [4.69, 9.17) is 0 Å². The number of nitro groups is 1. The summed E-state index contributed by atoms with van der Waals surface area (Å²) in [5.74, 6) is -3.83. The van der Waals surface area contributed by atoms with Gasteiger partial charge in [0.15, 0.2) is 0 Å². The molecule has 0 aliphatic carbocycles. The van der Waals surface area contributed by atoms with Crippen molar-refractivity contribution in [3.8, 4) is 0 Å². The minimum atomic E-state index is -1.33. The molecule has 1 heterocycles. The number of nitrogens with zero attached hydrogens (tertiary/aromatic N) is 5. The molecule has 0 fully saturated rings. The lowest BCUT2D eigenvalue weighted by Crippen LogP contribution is -2.15. The summed E-state index contributed by atoms with van der Waals surface area (Å²) in [6, 6.07) is 0.757. The Kier molecular flexibility index (Phi) is 3.33. The molecule has 104 valence electrons. The maximum Gasteiger partial charge on any atom is 0.307 e. The Balaban J connectivity index is 2.30. The van der Waals surface area contributed by atoms with Gasteiger partial charge < -0.3 is 0 Å². The highest BCUT2D eigenvalue weighted by atomic mass is 19.1. The molecule has 1 aromatic carbocycles. The molecule has 2 rings (SSSR count). The fourth-order valence-electron chi connectivity index (χ4n) is 1.35. The zero-order chi connectivity index (χ0) is 14.9. The number of halogens is 2. The number of carbonyl (C=O) groups excluding carboxylic acids is 1. The number of amides is 1. The molecular formula is C9H6F2N6O3. The van der Waals surface area contributed by atoms with Crippen molar-refractivity contribution in [1.29, 1.82) is 0 Å². The number of rotatable bonds is 3. The minimum absolute atomic E-state index is 0.212. The molecule has 0 saturated heterocycles. The van der Waals surface area contributed by atoms with Crippen molar-refractivity contribution in [1.82, 2.24) is 20.2 Å². The lowest BCUT2D eigenvalue weighted by Gasteiger charge is -2.03. The average Bonchev–Trinajstić information content (AvgIpc) is 2.76. The highest BCUT2D eigenvalue weighted by Crippen LogP contribution is 2.21. The number of aryl methyl sites for hydroxylation is 1. The number of nitro benzene ring substituents is 1. The first kappa shape index (κ1) is 13.5. The van der Waals surface area contributed by atoms with Crippen LogP contribution in [0.4, 0.5) is 20.4 Å². The van der Waals surface area contributed by atoms with Crippen molar-refractivity contribution in [2.24, 2.45) is 7.05 Å². The molecule has 2 aromatic rings. The van der Waals surface area contributed by atoms with Crippen LogP contribution >= 0.6 is 0 Å². The van der Waals surface area contributed by atoms with Gasteiger partial charge in [0.2, 0.25) is 5.82 Å². The van der Waals surface area contributed by atoms with Gasteiger partial charge in [-0.25, -0.2) is 4.39 Å². The molecule has 0 aliphatic rings. The van der Waals surface area contributed by atoms with Crippen LogP contribution in [0, 0.1) is 21.7 Å². The number of anilines is 1. The van der Waals surface area contributed by atoms with Crippen LogP contribution in [0.1, 0.15) is 10.4 Å². The van der Waals surface area contributed by atoms with E-state index in [9.17, 15) is 23.7 Å². The van der Waals surface area contributed by atoms with E-state index in [-0.39, 0.29) is 5.95 Å². The predicted octanol–water partition coefficient (Wildman–Crippen LogP) is 0.649. The zero-order valence-electron chi connectivity index (χ0n) is 9.87. The van der Waals surface area contributed by atoms with Crippen molar-refractivity contribution in [2.75, 3.05) is 5.32 Å². The Morgan fingerprint density at radius 3 is 2.65 bits per heavy atom. The Hall–Kier alpha value is -2.98. The first-order valence-electron chi connectivity index (χ1n) is 5.07. The summed E-state index contributed by atoms with van der Waals surface area (Å²) in [6.07, 6.45) is 0. The molecule has 0 bridgehead atoms. The van der Waals surface area contributed by atoms with Crippen LogP contribution in [0.15, 0.2) is 12.1 Å². The first-order valence-corrected chi connectivity index (χ1v) is 5.07. The summed E-state index contributed by atoms with van der Waals surface area (Å²) in [6.45, 7) is 0. The number of benzene rings is 1. The van der Waals surface area contributed by atoms with E-state index in [1.807, 2.05) is 0 Å². The largest absolute Gasteiger partial charge is 0.307 e. The minimum Gasteiger partial charge on any atom is -0.288 e. The van der Waals surface area contributed by atoms with E-state index in [1.54, 1.807) is 0 Å². The molecule has 0 spiro atoms. The highest BCUT2D eigenvalue weighted by Gasteiger charge is 2.22. The van der Waals surface area contributed by atoms with Gasteiger partial charge in [0.25, 0.3) is 11.9 Å². The number of hydrogen-bond acceptors (Lipinski definition) is 6. The van der Waals surface area contributed by atoms with Gasteiger partial charge in [0, 0.05) is 0 Å². The van der Waals surface area contributed by atoms with Crippen LogP contribution in [0.3, 0.4) is 0 Å². The van der Waals surface area contributed by atoms with Gasteiger partial charge in [-0.15, -0.1) is 5.10 Å². The number of nitrogens with one attached hydrogen (secondary N) is 1. The second-order valence-electron chi connectivity index (χ2n) is 3.60. The van der Waals surface area contributed by atoms with Crippen molar-refractivity contribution in [2.45, 2.75) is 0 Å². The van der Waals surface area contributed by atoms with Gasteiger partial charge in [-0.1, -0.05) is 5.10 Å². The summed E-state index contributed by atoms with van der Waals surface area (Å²) in [5.41, 5.74) is -1.77. The van der Waals surface area contributed by atoms with E-state index < -0.39 is 33.7 Å². The van der Waals surface area contributed by atoms with E-state index in [2.05, 4.69) is 20.7 Å². The van der Waals surface area contributed by atoms with Gasteiger partial charge >= 0.3 is 5.69 Å². The van der Waals surface area contributed by atoms with Crippen LogP contribution in [0.25, 0.3) is 0 Å². The summed E-state index contributed by atoms with van der Waals surface area (Å²) in [7, 11) is 1.44. The van der Waals surface area contributed by atoms with Crippen LogP contribution in [0.5, 0.6) is 0 Å². The van der Waals surface area contributed by atoms with Crippen molar-refractivity contribution in [3.63, 3.8) is 0 Å². The SMILES string of the molecule is Cn1nnc(NC(=O)c2cc(F)c([N+](=O)[O-])cc2F)n1. The molecule has 1 aromatic heterocycles. The number of hydrogen-bond donors (Lipinski definition) is 1. The Labute approximate surface area is 109 Å². The third-order valence-corrected chi connectivity index (χ3v) is 2.21. The molecule has 20 heavy (non-hydrogen) atoms. The third kappa shape index (κ3) is 2.55. The lowest BCUT2D eigenvalue weighted by atomic mass is 10.1. The molecule has 1 N–H and O–H groups in total. The standard InChI is InChI=1S/C9H6F2N6O3/c1-16-14-9(13-15-16)12-8(18)4-2-6(11)7(17(19)20)3-5(4)10/h2-3H,1H3,(H,12,14,18). The number of carbonyl (C=O) groups is 1. The van der Waals surface area contributed by atoms with Gasteiger partial charge in [-0.3, -0.25) is 20.2 Å². The monoisotopic (exact) mass is 284 g/mol. The van der Waals surface area contributed by atoms with Crippen LogP contribution in [0.2, 0.25) is 0 Å². The van der Waals surface area contributed by atoms with Gasteiger partial charge in [-0.05, 0) is 11.3 Å². The lowest BCUT2D eigenvalue weighted by molar-refractivity contribution is -0.387. The van der Waals surface area contributed by atoms with Crippen molar-refractivity contribution < 1.29 is 18.5 Å². The smallest absolute Gasteiger partial charge is 0.288 e. The zero-order valence-corrected chi connectivity index (χ0v) is 9.87. The Morgan fingerprint density at radius 2 is 2.10 bits per heavy atom.